The Kier molecular flexibility index (Phi) is 5.92. The van der Waals surface area contributed by atoms with Crippen LogP contribution in [0.25, 0.3) is 0 Å². The largest absolute Gasteiger partial charge is 0.481 e. The van der Waals surface area contributed by atoms with E-state index in [2.05, 4.69) is 12.2 Å². The Bertz CT molecular complexity index is 650. The highest BCUT2D eigenvalue weighted by Gasteiger charge is 2.20. The summed E-state index contributed by atoms with van der Waals surface area (Å²) in [5.41, 5.74) is 2.84. The molecule has 0 heterocycles. The number of carboxylic acids is 1. The number of carbonyl (C=O) groups excluding carboxylic acids is 1. The summed E-state index contributed by atoms with van der Waals surface area (Å²) in [6, 6.07) is 16.8. The predicted octanol–water partition coefficient (Wildman–Crippen LogP) is 2.78. The van der Waals surface area contributed by atoms with Crippen LogP contribution in [0.3, 0.4) is 0 Å². The van der Waals surface area contributed by atoms with E-state index < -0.39 is 11.9 Å². The van der Waals surface area contributed by atoms with Crippen LogP contribution in [0.1, 0.15) is 29.5 Å². The lowest BCUT2D eigenvalue weighted by Gasteiger charge is -2.14. The maximum Gasteiger partial charge on any atom is 0.312 e. The SMILES string of the molecule is CCc1ccc(CC(=O)NCC(C(=O)O)c2ccccc2)cc1. The second-order valence-electron chi connectivity index (χ2n) is 5.45. The Labute approximate surface area is 136 Å². The Morgan fingerprint density at radius 2 is 1.61 bits per heavy atom. The van der Waals surface area contributed by atoms with Crippen LogP contribution in [0.2, 0.25) is 0 Å². The van der Waals surface area contributed by atoms with Gasteiger partial charge in [-0.05, 0) is 23.1 Å². The molecule has 0 saturated carbocycles. The second kappa shape index (κ2) is 8.13. The van der Waals surface area contributed by atoms with Crippen molar-refractivity contribution in [3.63, 3.8) is 0 Å². The Hall–Kier alpha value is -2.62. The number of amides is 1. The first-order valence-electron chi connectivity index (χ1n) is 7.72. The van der Waals surface area contributed by atoms with Gasteiger partial charge in [-0.1, -0.05) is 61.5 Å². The highest BCUT2D eigenvalue weighted by molar-refractivity contribution is 5.81. The van der Waals surface area contributed by atoms with Crippen molar-refractivity contribution in [3.8, 4) is 0 Å². The van der Waals surface area contributed by atoms with Gasteiger partial charge in [-0.3, -0.25) is 9.59 Å². The number of benzene rings is 2. The molecule has 0 aromatic heterocycles. The number of aliphatic carboxylic acids is 1. The minimum Gasteiger partial charge on any atom is -0.481 e. The third-order valence-electron chi connectivity index (χ3n) is 3.80. The van der Waals surface area contributed by atoms with Gasteiger partial charge in [0.15, 0.2) is 0 Å². The van der Waals surface area contributed by atoms with E-state index in [0.29, 0.717) is 5.56 Å². The molecule has 23 heavy (non-hydrogen) atoms. The molecule has 1 atom stereocenters. The Balaban J connectivity index is 1.92. The molecular formula is C19H21NO3. The van der Waals surface area contributed by atoms with Crippen molar-refractivity contribution in [3.05, 3.63) is 71.3 Å². The molecule has 120 valence electrons. The molecule has 2 rings (SSSR count). The molecule has 0 bridgehead atoms. The van der Waals surface area contributed by atoms with Gasteiger partial charge in [-0.2, -0.15) is 0 Å². The molecule has 2 N–H and O–H groups in total. The molecule has 0 fully saturated rings. The number of carbonyl (C=O) groups is 2. The monoisotopic (exact) mass is 311 g/mol. The van der Waals surface area contributed by atoms with E-state index in [0.717, 1.165) is 12.0 Å². The Morgan fingerprint density at radius 3 is 2.17 bits per heavy atom. The topological polar surface area (TPSA) is 66.4 Å². The summed E-state index contributed by atoms with van der Waals surface area (Å²) >= 11 is 0. The Morgan fingerprint density at radius 1 is 1.00 bits per heavy atom. The minimum atomic E-state index is -0.941. The highest BCUT2D eigenvalue weighted by atomic mass is 16.4. The molecule has 0 radical (unpaired) electrons. The van der Waals surface area contributed by atoms with Crippen molar-refractivity contribution in [2.24, 2.45) is 0 Å². The van der Waals surface area contributed by atoms with E-state index in [1.54, 1.807) is 24.3 Å². The van der Waals surface area contributed by atoms with Gasteiger partial charge in [-0.25, -0.2) is 0 Å². The zero-order chi connectivity index (χ0) is 16.7. The average Bonchev–Trinajstić information content (AvgIpc) is 2.56. The van der Waals surface area contributed by atoms with Crippen molar-refractivity contribution < 1.29 is 14.7 Å². The van der Waals surface area contributed by atoms with Crippen molar-refractivity contribution in [1.29, 1.82) is 0 Å². The number of aryl methyl sites for hydroxylation is 1. The summed E-state index contributed by atoms with van der Waals surface area (Å²) in [6.07, 6.45) is 1.22. The van der Waals surface area contributed by atoms with Crippen LogP contribution in [-0.4, -0.2) is 23.5 Å². The van der Waals surface area contributed by atoms with E-state index in [1.165, 1.54) is 5.56 Å². The zero-order valence-corrected chi connectivity index (χ0v) is 13.2. The normalized spacial score (nSPS) is 11.7. The van der Waals surface area contributed by atoms with Gasteiger partial charge in [0, 0.05) is 6.54 Å². The molecule has 1 unspecified atom stereocenters. The lowest BCUT2D eigenvalue weighted by Crippen LogP contribution is -2.32. The number of rotatable bonds is 7. The molecule has 4 nitrogen and oxygen atoms in total. The van der Waals surface area contributed by atoms with Gasteiger partial charge in [0.05, 0.1) is 12.3 Å². The average molecular weight is 311 g/mol. The van der Waals surface area contributed by atoms with Crippen LogP contribution in [-0.2, 0) is 22.4 Å². The van der Waals surface area contributed by atoms with Crippen LogP contribution in [0.5, 0.6) is 0 Å². The summed E-state index contributed by atoms with van der Waals surface area (Å²) in [4.78, 5) is 23.4. The van der Waals surface area contributed by atoms with Crippen LogP contribution in [0, 0.1) is 0 Å². The summed E-state index contributed by atoms with van der Waals surface area (Å²) in [7, 11) is 0. The second-order valence-corrected chi connectivity index (χ2v) is 5.45. The fraction of sp³-hybridized carbons (Fsp3) is 0.263. The number of nitrogens with one attached hydrogen (secondary N) is 1. The fourth-order valence-electron chi connectivity index (χ4n) is 2.39. The van der Waals surface area contributed by atoms with E-state index in [4.69, 9.17) is 0 Å². The summed E-state index contributed by atoms with van der Waals surface area (Å²) in [5, 5.41) is 12.1. The van der Waals surface area contributed by atoms with Crippen molar-refractivity contribution >= 4 is 11.9 Å². The van der Waals surface area contributed by atoms with Gasteiger partial charge in [-0.15, -0.1) is 0 Å². The van der Waals surface area contributed by atoms with Crippen LogP contribution in [0.15, 0.2) is 54.6 Å². The number of carboxylic acid groups (broad SMARTS) is 1. The maximum atomic E-state index is 12.0. The van der Waals surface area contributed by atoms with Gasteiger partial charge in [0.25, 0.3) is 0 Å². The highest BCUT2D eigenvalue weighted by Crippen LogP contribution is 2.15. The smallest absolute Gasteiger partial charge is 0.312 e. The summed E-state index contributed by atoms with van der Waals surface area (Å²) in [5.74, 6) is -1.84. The van der Waals surface area contributed by atoms with E-state index >= 15 is 0 Å². The quantitative estimate of drug-likeness (QED) is 0.826. The molecule has 0 aliphatic heterocycles. The standard InChI is InChI=1S/C19H21NO3/c1-2-14-8-10-15(11-9-14)12-18(21)20-13-17(19(22)23)16-6-4-3-5-7-16/h3-11,17H,2,12-13H2,1H3,(H,20,21)(H,22,23). The summed E-state index contributed by atoms with van der Waals surface area (Å²) < 4.78 is 0. The van der Waals surface area contributed by atoms with Crippen LogP contribution >= 0.6 is 0 Å². The van der Waals surface area contributed by atoms with Crippen LogP contribution in [0.4, 0.5) is 0 Å². The number of hydrogen-bond donors (Lipinski definition) is 2. The van der Waals surface area contributed by atoms with Crippen LogP contribution < -0.4 is 5.32 Å². The first-order chi connectivity index (χ1) is 11.1. The predicted molar refractivity (Wildman–Crippen MR) is 89.4 cm³/mol. The van der Waals surface area contributed by atoms with Gasteiger partial charge >= 0.3 is 5.97 Å². The van der Waals surface area contributed by atoms with E-state index in [-0.39, 0.29) is 18.9 Å². The molecule has 4 heteroatoms. The molecule has 0 aliphatic rings. The lowest BCUT2D eigenvalue weighted by molar-refractivity contribution is -0.138. The van der Waals surface area contributed by atoms with Crippen molar-refractivity contribution in [2.45, 2.75) is 25.7 Å². The summed E-state index contributed by atoms with van der Waals surface area (Å²) in [6.45, 7) is 2.17. The first kappa shape index (κ1) is 16.7. The van der Waals surface area contributed by atoms with E-state index in [1.807, 2.05) is 30.3 Å². The lowest BCUT2D eigenvalue weighted by atomic mass is 9.99. The molecule has 0 saturated heterocycles. The van der Waals surface area contributed by atoms with Gasteiger partial charge in [0.1, 0.15) is 0 Å². The van der Waals surface area contributed by atoms with Gasteiger partial charge in [0.2, 0.25) is 5.91 Å². The molecule has 2 aromatic carbocycles. The first-order valence-corrected chi connectivity index (χ1v) is 7.72. The maximum absolute atomic E-state index is 12.0. The van der Waals surface area contributed by atoms with Crippen molar-refractivity contribution in [1.82, 2.24) is 5.32 Å². The van der Waals surface area contributed by atoms with Crippen molar-refractivity contribution in [2.75, 3.05) is 6.54 Å². The van der Waals surface area contributed by atoms with E-state index in [9.17, 15) is 14.7 Å². The molecule has 1 amide bonds. The fourth-order valence-corrected chi connectivity index (χ4v) is 2.39. The minimum absolute atomic E-state index is 0.0885. The zero-order valence-electron chi connectivity index (χ0n) is 13.2. The third kappa shape index (κ3) is 4.95. The molecule has 2 aromatic rings. The third-order valence-corrected chi connectivity index (χ3v) is 3.80. The molecule has 0 aliphatic carbocycles. The number of hydrogen-bond acceptors (Lipinski definition) is 2. The van der Waals surface area contributed by atoms with Gasteiger partial charge < -0.3 is 10.4 Å². The molecule has 0 spiro atoms. The molecular weight excluding hydrogens is 290 g/mol.